The predicted molar refractivity (Wildman–Crippen MR) is 68.5 cm³/mol. The average molecular weight is 312 g/mol. The lowest BCUT2D eigenvalue weighted by Crippen LogP contribution is -2.12. The minimum absolute atomic E-state index is 0.0810. The molecule has 2 nitrogen and oxygen atoms in total. The van der Waals surface area contributed by atoms with Gasteiger partial charge in [0.25, 0.3) is 5.91 Å². The molecule has 0 unspecified atom stereocenters. The summed E-state index contributed by atoms with van der Waals surface area (Å²) in [5.74, 6) is -1.90. The number of carbonyl (C=O) groups is 1. The number of hydrogen-bond donors (Lipinski definition) is 1. The molecule has 0 aliphatic carbocycles. The SMILES string of the molecule is O=C(Nc1cc(F)cc(F)c1)c1cccc(Br)c1. The lowest BCUT2D eigenvalue weighted by atomic mass is 10.2. The van der Waals surface area contributed by atoms with Crippen molar-refractivity contribution in [1.29, 1.82) is 0 Å². The Labute approximate surface area is 111 Å². The molecule has 1 N–H and O–H groups in total. The molecule has 0 aromatic heterocycles. The summed E-state index contributed by atoms with van der Waals surface area (Å²) < 4.78 is 26.6. The van der Waals surface area contributed by atoms with Gasteiger partial charge in [-0.2, -0.15) is 0 Å². The fraction of sp³-hybridized carbons (Fsp3) is 0. The number of nitrogens with one attached hydrogen (secondary N) is 1. The molecule has 2 aromatic carbocycles. The van der Waals surface area contributed by atoms with E-state index in [0.29, 0.717) is 5.56 Å². The van der Waals surface area contributed by atoms with E-state index < -0.39 is 17.5 Å². The van der Waals surface area contributed by atoms with E-state index in [1.165, 1.54) is 0 Å². The Morgan fingerprint density at radius 3 is 2.33 bits per heavy atom. The van der Waals surface area contributed by atoms with E-state index in [4.69, 9.17) is 0 Å². The highest BCUT2D eigenvalue weighted by atomic mass is 79.9. The standard InChI is InChI=1S/C13H8BrF2NO/c14-9-3-1-2-8(4-9)13(18)17-12-6-10(15)5-11(16)7-12/h1-7H,(H,17,18). The number of benzene rings is 2. The first kappa shape index (κ1) is 12.7. The quantitative estimate of drug-likeness (QED) is 0.893. The van der Waals surface area contributed by atoms with Crippen LogP contribution in [0.4, 0.5) is 14.5 Å². The van der Waals surface area contributed by atoms with E-state index in [1.54, 1.807) is 24.3 Å². The highest BCUT2D eigenvalue weighted by molar-refractivity contribution is 9.10. The molecule has 0 aliphatic rings. The van der Waals surface area contributed by atoms with Crippen LogP contribution in [0, 0.1) is 11.6 Å². The summed E-state index contributed by atoms with van der Waals surface area (Å²) in [5.41, 5.74) is 0.478. The Morgan fingerprint density at radius 1 is 1.06 bits per heavy atom. The van der Waals surface area contributed by atoms with Crippen molar-refractivity contribution in [2.45, 2.75) is 0 Å². The molecule has 18 heavy (non-hydrogen) atoms. The average Bonchev–Trinajstić information content (AvgIpc) is 2.27. The van der Waals surface area contributed by atoms with Gasteiger partial charge in [0, 0.05) is 21.8 Å². The number of halogens is 3. The van der Waals surface area contributed by atoms with Gasteiger partial charge in [-0.05, 0) is 30.3 Å². The summed E-state index contributed by atoms with van der Waals surface area (Å²) >= 11 is 3.24. The van der Waals surface area contributed by atoms with Crippen LogP contribution >= 0.6 is 15.9 Å². The first-order chi connectivity index (χ1) is 8.54. The van der Waals surface area contributed by atoms with E-state index in [2.05, 4.69) is 21.2 Å². The molecule has 5 heteroatoms. The summed E-state index contributed by atoms with van der Waals surface area (Å²) in [6, 6.07) is 9.55. The highest BCUT2D eigenvalue weighted by Gasteiger charge is 2.08. The molecular formula is C13H8BrF2NO. The van der Waals surface area contributed by atoms with Crippen molar-refractivity contribution in [1.82, 2.24) is 0 Å². The molecule has 0 saturated heterocycles. The summed E-state index contributed by atoms with van der Waals surface area (Å²) in [6.07, 6.45) is 0. The monoisotopic (exact) mass is 311 g/mol. The van der Waals surface area contributed by atoms with Gasteiger partial charge in [0.05, 0.1) is 0 Å². The molecular weight excluding hydrogens is 304 g/mol. The van der Waals surface area contributed by atoms with Gasteiger partial charge in [-0.15, -0.1) is 0 Å². The van der Waals surface area contributed by atoms with Crippen molar-refractivity contribution in [3.05, 3.63) is 64.1 Å². The molecule has 1 amide bonds. The number of carbonyl (C=O) groups excluding carboxylic acids is 1. The maximum Gasteiger partial charge on any atom is 0.255 e. The lowest BCUT2D eigenvalue weighted by molar-refractivity contribution is 0.102. The van der Waals surface area contributed by atoms with Crippen LogP contribution in [0.25, 0.3) is 0 Å². The smallest absolute Gasteiger partial charge is 0.255 e. The topological polar surface area (TPSA) is 29.1 Å². The summed E-state index contributed by atoms with van der Waals surface area (Å²) in [6.45, 7) is 0. The minimum atomic E-state index is -0.737. The second-order valence-electron chi connectivity index (χ2n) is 3.62. The number of amides is 1. The molecule has 0 atom stereocenters. The zero-order chi connectivity index (χ0) is 13.1. The fourth-order valence-corrected chi connectivity index (χ4v) is 1.86. The van der Waals surface area contributed by atoms with Crippen molar-refractivity contribution >= 4 is 27.5 Å². The first-order valence-corrected chi connectivity index (χ1v) is 5.87. The van der Waals surface area contributed by atoms with Crippen LogP contribution in [0.15, 0.2) is 46.9 Å². The van der Waals surface area contributed by atoms with Gasteiger partial charge >= 0.3 is 0 Å². The second kappa shape index (κ2) is 5.27. The third-order valence-corrected chi connectivity index (χ3v) is 2.70. The Balaban J connectivity index is 2.21. The van der Waals surface area contributed by atoms with Gasteiger partial charge < -0.3 is 5.32 Å². The Kier molecular flexibility index (Phi) is 3.72. The maximum absolute atomic E-state index is 12.9. The largest absolute Gasteiger partial charge is 0.322 e. The van der Waals surface area contributed by atoms with Gasteiger partial charge in [-0.1, -0.05) is 22.0 Å². The van der Waals surface area contributed by atoms with E-state index in [0.717, 1.165) is 22.7 Å². The predicted octanol–water partition coefficient (Wildman–Crippen LogP) is 3.98. The van der Waals surface area contributed by atoms with Crippen LogP contribution < -0.4 is 5.32 Å². The molecule has 0 bridgehead atoms. The van der Waals surface area contributed by atoms with Crippen molar-refractivity contribution < 1.29 is 13.6 Å². The molecule has 92 valence electrons. The maximum atomic E-state index is 12.9. The van der Waals surface area contributed by atoms with Crippen LogP contribution in [0.5, 0.6) is 0 Å². The third kappa shape index (κ3) is 3.13. The summed E-state index contributed by atoms with van der Waals surface area (Å²) in [5, 5.41) is 2.43. The van der Waals surface area contributed by atoms with Gasteiger partial charge in [0.15, 0.2) is 0 Å². The van der Waals surface area contributed by atoms with Crippen molar-refractivity contribution in [3.8, 4) is 0 Å². The zero-order valence-electron chi connectivity index (χ0n) is 9.08. The molecule has 2 rings (SSSR count). The Bertz CT molecular complexity index is 581. The van der Waals surface area contributed by atoms with E-state index >= 15 is 0 Å². The van der Waals surface area contributed by atoms with E-state index in [9.17, 15) is 13.6 Å². The van der Waals surface area contributed by atoms with Gasteiger partial charge in [-0.25, -0.2) is 8.78 Å². The highest BCUT2D eigenvalue weighted by Crippen LogP contribution is 2.16. The molecule has 0 spiro atoms. The lowest BCUT2D eigenvalue weighted by Gasteiger charge is -2.06. The van der Waals surface area contributed by atoms with Gasteiger partial charge in [-0.3, -0.25) is 4.79 Å². The summed E-state index contributed by atoms with van der Waals surface area (Å²) in [7, 11) is 0. The van der Waals surface area contributed by atoms with Crippen LogP contribution in [0.1, 0.15) is 10.4 Å². The zero-order valence-corrected chi connectivity index (χ0v) is 10.7. The normalized spacial score (nSPS) is 10.2. The van der Waals surface area contributed by atoms with Crippen LogP contribution in [0.2, 0.25) is 0 Å². The second-order valence-corrected chi connectivity index (χ2v) is 4.54. The molecule has 0 saturated carbocycles. The minimum Gasteiger partial charge on any atom is -0.322 e. The van der Waals surface area contributed by atoms with Crippen molar-refractivity contribution in [2.75, 3.05) is 5.32 Å². The summed E-state index contributed by atoms with van der Waals surface area (Å²) in [4.78, 5) is 11.8. The number of anilines is 1. The first-order valence-electron chi connectivity index (χ1n) is 5.07. The van der Waals surface area contributed by atoms with Gasteiger partial charge in [0.2, 0.25) is 0 Å². The van der Waals surface area contributed by atoms with Crippen LogP contribution in [-0.4, -0.2) is 5.91 Å². The molecule has 0 radical (unpaired) electrons. The fourth-order valence-electron chi connectivity index (χ4n) is 1.46. The van der Waals surface area contributed by atoms with Crippen LogP contribution in [0.3, 0.4) is 0 Å². The number of hydrogen-bond acceptors (Lipinski definition) is 1. The Morgan fingerprint density at radius 2 is 1.72 bits per heavy atom. The molecule has 0 aliphatic heterocycles. The molecule has 2 aromatic rings. The molecule has 0 fully saturated rings. The third-order valence-electron chi connectivity index (χ3n) is 2.21. The van der Waals surface area contributed by atoms with Crippen molar-refractivity contribution in [2.24, 2.45) is 0 Å². The van der Waals surface area contributed by atoms with Crippen molar-refractivity contribution in [3.63, 3.8) is 0 Å². The Hall–Kier alpha value is -1.75. The molecule has 0 heterocycles. The van der Waals surface area contributed by atoms with E-state index in [1.807, 2.05) is 0 Å². The van der Waals surface area contributed by atoms with Gasteiger partial charge in [0.1, 0.15) is 11.6 Å². The number of rotatable bonds is 2. The van der Waals surface area contributed by atoms with Crippen LogP contribution in [-0.2, 0) is 0 Å². The van der Waals surface area contributed by atoms with E-state index in [-0.39, 0.29) is 5.69 Å².